The number of aromatic nitrogens is 2. The predicted molar refractivity (Wildman–Crippen MR) is 86.1 cm³/mol. The number of anilines is 3. The van der Waals surface area contributed by atoms with Crippen molar-refractivity contribution in [2.75, 3.05) is 10.7 Å². The highest BCUT2D eigenvalue weighted by Crippen LogP contribution is 2.27. The molecule has 112 valence electrons. The molecule has 0 saturated carbocycles. The summed E-state index contributed by atoms with van der Waals surface area (Å²) in [7, 11) is 0. The molecule has 0 amide bonds. The van der Waals surface area contributed by atoms with Gasteiger partial charge in [0.1, 0.15) is 23.3 Å². The zero-order valence-electron chi connectivity index (χ0n) is 12.0. The third kappa shape index (κ3) is 3.48. The minimum atomic E-state index is -0.365. The molecule has 1 aromatic heterocycles. The summed E-state index contributed by atoms with van der Waals surface area (Å²) in [6.45, 7) is 5.78. The first-order valence-electron chi connectivity index (χ1n) is 6.49. The number of hydrogen-bond acceptors (Lipinski definition) is 5. The maximum atomic E-state index is 13.9. The van der Waals surface area contributed by atoms with E-state index in [1.165, 1.54) is 6.07 Å². The maximum Gasteiger partial charge on any atom is 0.148 e. The topological polar surface area (TPSA) is 75.9 Å². The van der Waals surface area contributed by atoms with Crippen molar-refractivity contribution < 1.29 is 4.39 Å². The third-order valence-corrected chi connectivity index (χ3v) is 3.49. The Bertz CT molecular complexity index is 660. The van der Waals surface area contributed by atoms with E-state index in [9.17, 15) is 4.39 Å². The molecule has 0 atom stereocenters. The second kappa shape index (κ2) is 6.36. The van der Waals surface area contributed by atoms with E-state index < -0.39 is 0 Å². The van der Waals surface area contributed by atoms with E-state index in [0.29, 0.717) is 27.6 Å². The Balaban J connectivity index is 2.45. The number of hydrazine groups is 1. The number of nitrogens with two attached hydrogens (primary N) is 1. The van der Waals surface area contributed by atoms with Crippen LogP contribution in [0.5, 0.6) is 0 Å². The number of hydrogen-bond donors (Lipinski definition) is 3. The number of halogens is 2. The first kappa shape index (κ1) is 15.7. The molecule has 0 aliphatic carbocycles. The van der Waals surface area contributed by atoms with Gasteiger partial charge in [-0.3, -0.25) is 0 Å². The van der Waals surface area contributed by atoms with Crippen molar-refractivity contribution in [1.29, 1.82) is 0 Å². The number of rotatable bonds is 4. The molecular weight excluding hydrogens is 337 g/mol. The van der Waals surface area contributed by atoms with Crippen molar-refractivity contribution >= 4 is 33.3 Å². The Morgan fingerprint density at radius 3 is 2.48 bits per heavy atom. The van der Waals surface area contributed by atoms with Crippen LogP contribution in [0.25, 0.3) is 0 Å². The highest BCUT2D eigenvalue weighted by atomic mass is 79.9. The summed E-state index contributed by atoms with van der Waals surface area (Å²) >= 11 is 3.23. The Labute approximate surface area is 131 Å². The van der Waals surface area contributed by atoms with Gasteiger partial charge in [-0.25, -0.2) is 20.2 Å². The lowest BCUT2D eigenvalue weighted by atomic mass is 10.2. The minimum Gasteiger partial charge on any atom is -0.337 e. The van der Waals surface area contributed by atoms with Crippen LogP contribution in [-0.2, 0) is 0 Å². The number of nitrogen functional groups attached to an aromatic ring is 1. The molecule has 1 aromatic carbocycles. The highest BCUT2D eigenvalue weighted by molar-refractivity contribution is 9.10. The van der Waals surface area contributed by atoms with Crippen molar-refractivity contribution in [3.8, 4) is 0 Å². The molecule has 5 nitrogen and oxygen atoms in total. The summed E-state index contributed by atoms with van der Waals surface area (Å²) in [5.74, 6) is 6.94. The summed E-state index contributed by atoms with van der Waals surface area (Å²) in [5.41, 5.74) is 3.62. The average Bonchev–Trinajstić information content (AvgIpc) is 2.43. The van der Waals surface area contributed by atoms with Crippen molar-refractivity contribution in [3.63, 3.8) is 0 Å². The molecule has 0 radical (unpaired) electrons. The second-order valence-corrected chi connectivity index (χ2v) is 5.87. The molecule has 0 spiro atoms. The molecule has 0 aliphatic rings. The van der Waals surface area contributed by atoms with Gasteiger partial charge in [-0.1, -0.05) is 29.8 Å². The van der Waals surface area contributed by atoms with Crippen molar-refractivity contribution in [2.24, 2.45) is 5.84 Å². The Morgan fingerprint density at radius 1 is 1.24 bits per heavy atom. The number of nitrogens with zero attached hydrogens (tertiary/aromatic N) is 2. The first-order valence-corrected chi connectivity index (χ1v) is 7.29. The quantitative estimate of drug-likeness (QED) is 0.575. The van der Waals surface area contributed by atoms with Crippen LogP contribution in [-0.4, -0.2) is 9.97 Å². The second-order valence-electron chi connectivity index (χ2n) is 4.95. The largest absolute Gasteiger partial charge is 0.337 e. The lowest BCUT2D eigenvalue weighted by Crippen LogP contribution is -2.14. The normalized spacial score (nSPS) is 10.8. The molecule has 2 aromatic rings. The van der Waals surface area contributed by atoms with E-state index in [1.807, 2.05) is 20.8 Å². The van der Waals surface area contributed by atoms with Crippen LogP contribution in [0, 0.1) is 12.7 Å². The Hall–Kier alpha value is -1.73. The van der Waals surface area contributed by atoms with Crippen LogP contribution < -0.4 is 16.6 Å². The van der Waals surface area contributed by atoms with Crippen LogP contribution in [0.4, 0.5) is 21.7 Å². The van der Waals surface area contributed by atoms with E-state index >= 15 is 0 Å². The number of benzene rings is 1. The van der Waals surface area contributed by atoms with Crippen molar-refractivity contribution in [1.82, 2.24) is 9.97 Å². The van der Waals surface area contributed by atoms with Gasteiger partial charge in [-0.05, 0) is 25.1 Å². The van der Waals surface area contributed by atoms with Gasteiger partial charge in [0.15, 0.2) is 0 Å². The molecule has 7 heteroatoms. The third-order valence-electron chi connectivity index (χ3n) is 3.00. The molecule has 0 bridgehead atoms. The average molecular weight is 354 g/mol. The molecule has 0 aliphatic heterocycles. The van der Waals surface area contributed by atoms with E-state index in [0.717, 1.165) is 5.56 Å². The summed E-state index contributed by atoms with van der Waals surface area (Å²) in [5, 5.41) is 3.00. The molecular formula is C14H17BrFN5. The summed E-state index contributed by atoms with van der Waals surface area (Å²) in [6.07, 6.45) is 0. The van der Waals surface area contributed by atoms with E-state index in [4.69, 9.17) is 5.84 Å². The fraction of sp³-hybridized carbons (Fsp3) is 0.286. The molecule has 4 N–H and O–H groups in total. The van der Waals surface area contributed by atoms with Gasteiger partial charge in [0.25, 0.3) is 0 Å². The van der Waals surface area contributed by atoms with Gasteiger partial charge in [-0.2, -0.15) is 0 Å². The summed E-state index contributed by atoms with van der Waals surface area (Å²) in [6, 6.07) is 4.79. The van der Waals surface area contributed by atoms with E-state index in [1.54, 1.807) is 12.1 Å². The monoisotopic (exact) mass is 353 g/mol. The maximum absolute atomic E-state index is 13.9. The van der Waals surface area contributed by atoms with Crippen LogP contribution >= 0.6 is 15.9 Å². The lowest BCUT2D eigenvalue weighted by molar-refractivity contribution is 0.631. The van der Waals surface area contributed by atoms with E-state index in [-0.39, 0.29) is 11.7 Å². The Kier molecular flexibility index (Phi) is 4.74. The predicted octanol–water partition coefficient (Wildman–Crippen LogP) is 3.84. The van der Waals surface area contributed by atoms with Gasteiger partial charge in [0, 0.05) is 16.0 Å². The fourth-order valence-electron chi connectivity index (χ4n) is 1.77. The smallest absolute Gasteiger partial charge is 0.148 e. The molecule has 0 saturated heterocycles. The first-order chi connectivity index (χ1) is 9.92. The Morgan fingerprint density at radius 2 is 1.90 bits per heavy atom. The van der Waals surface area contributed by atoms with Gasteiger partial charge in [0.05, 0.1) is 5.69 Å². The van der Waals surface area contributed by atoms with Crippen LogP contribution in [0.3, 0.4) is 0 Å². The van der Waals surface area contributed by atoms with Crippen LogP contribution in [0.2, 0.25) is 0 Å². The van der Waals surface area contributed by atoms with Crippen LogP contribution in [0.15, 0.2) is 22.7 Å². The SMILES string of the molecule is Cc1c(NN)nc(C(C)C)nc1Nc1ccc(Br)cc1F. The standard InChI is InChI=1S/C14H17BrFN5/c1-7(2)12-19-13(8(3)14(20-12)21-17)18-11-5-4-9(15)6-10(11)16/h4-7H,17H2,1-3H3,(H2,18,19,20,21). The molecule has 2 rings (SSSR count). The number of nitrogens with one attached hydrogen (secondary N) is 2. The van der Waals surface area contributed by atoms with Crippen LogP contribution in [0.1, 0.15) is 31.2 Å². The highest BCUT2D eigenvalue weighted by Gasteiger charge is 2.14. The van der Waals surface area contributed by atoms with Gasteiger partial charge < -0.3 is 10.7 Å². The molecule has 1 heterocycles. The zero-order chi connectivity index (χ0) is 15.6. The van der Waals surface area contributed by atoms with Crippen molar-refractivity contribution in [2.45, 2.75) is 26.7 Å². The van der Waals surface area contributed by atoms with Gasteiger partial charge >= 0.3 is 0 Å². The molecule has 0 fully saturated rings. The van der Waals surface area contributed by atoms with Gasteiger partial charge in [-0.15, -0.1) is 0 Å². The minimum absolute atomic E-state index is 0.132. The molecule has 21 heavy (non-hydrogen) atoms. The van der Waals surface area contributed by atoms with Crippen molar-refractivity contribution in [3.05, 3.63) is 39.9 Å². The van der Waals surface area contributed by atoms with E-state index in [2.05, 4.69) is 36.6 Å². The summed E-state index contributed by atoms with van der Waals surface area (Å²) < 4.78 is 14.6. The fourth-order valence-corrected chi connectivity index (χ4v) is 2.11. The molecule has 0 unspecified atom stereocenters. The zero-order valence-corrected chi connectivity index (χ0v) is 13.6. The van der Waals surface area contributed by atoms with Gasteiger partial charge in [0.2, 0.25) is 0 Å². The summed E-state index contributed by atoms with van der Waals surface area (Å²) in [4.78, 5) is 8.78. The lowest BCUT2D eigenvalue weighted by Gasteiger charge is -2.15.